The molecule has 1 saturated carbocycles. The fraction of sp³-hybridized carbons (Fsp3) is 0.773. The van der Waals surface area contributed by atoms with Crippen LogP contribution in [0, 0.1) is 6.92 Å². The molecule has 0 spiro atoms. The summed E-state index contributed by atoms with van der Waals surface area (Å²) in [6.07, 6.45) is 6.75. The third-order valence-electron chi connectivity index (χ3n) is 6.66. The molecule has 2 aliphatic heterocycles. The summed E-state index contributed by atoms with van der Waals surface area (Å²) in [5.74, 6) is 2.86. The second kappa shape index (κ2) is 9.96. The Morgan fingerprint density at radius 3 is 2.66 bits per heavy atom. The number of likely N-dealkylation sites (tertiary alicyclic amines) is 1. The molecule has 29 heavy (non-hydrogen) atoms. The molecule has 0 amide bonds. The van der Waals surface area contributed by atoms with Crippen LogP contribution in [-0.2, 0) is 4.74 Å². The van der Waals surface area contributed by atoms with Crippen LogP contribution in [0.25, 0.3) is 0 Å². The molecule has 162 valence electrons. The highest BCUT2D eigenvalue weighted by atomic mass is 16.5. The van der Waals surface area contributed by atoms with Crippen LogP contribution in [0.15, 0.2) is 21.5 Å². The standard InChI is InChI=1S/C22H37N5O2/c1-17-7-8-21(29-17)20(26-11-13-28-14-12-26)15-24-22(23-2)25-18-9-10-27(16-18)19-5-3-4-6-19/h7-8,18-20H,3-6,9-16H2,1-2H3,(H2,23,24,25). The summed E-state index contributed by atoms with van der Waals surface area (Å²) in [6.45, 7) is 8.53. The molecule has 1 aliphatic carbocycles. The number of nitrogens with zero attached hydrogens (tertiary/aromatic N) is 3. The zero-order valence-electron chi connectivity index (χ0n) is 18.0. The molecule has 0 radical (unpaired) electrons. The van der Waals surface area contributed by atoms with Crippen LogP contribution in [0.5, 0.6) is 0 Å². The Kier molecular flexibility index (Phi) is 7.11. The number of aliphatic imine (C=N–C) groups is 1. The van der Waals surface area contributed by atoms with E-state index in [1.807, 2.05) is 20.0 Å². The van der Waals surface area contributed by atoms with Crippen molar-refractivity contribution in [1.29, 1.82) is 0 Å². The first-order valence-corrected chi connectivity index (χ1v) is 11.3. The molecule has 0 aromatic carbocycles. The Morgan fingerprint density at radius 2 is 1.97 bits per heavy atom. The predicted octanol–water partition coefficient (Wildman–Crippen LogP) is 2.14. The first-order valence-electron chi connectivity index (χ1n) is 11.3. The van der Waals surface area contributed by atoms with Crippen molar-refractivity contribution < 1.29 is 9.15 Å². The SMILES string of the molecule is CN=C(NCC(c1ccc(C)o1)N1CCOCC1)NC1CCN(C2CCCC2)C1. The van der Waals surface area contributed by atoms with Gasteiger partial charge in [-0.1, -0.05) is 12.8 Å². The normalized spacial score (nSPS) is 26.1. The molecule has 2 atom stereocenters. The van der Waals surface area contributed by atoms with Gasteiger partial charge in [0, 0.05) is 51.9 Å². The van der Waals surface area contributed by atoms with E-state index < -0.39 is 0 Å². The Hall–Kier alpha value is -1.57. The van der Waals surface area contributed by atoms with Gasteiger partial charge < -0.3 is 19.8 Å². The fourth-order valence-corrected chi connectivity index (χ4v) is 5.02. The molecule has 3 aliphatic rings. The molecule has 7 nitrogen and oxygen atoms in total. The van der Waals surface area contributed by atoms with Gasteiger partial charge in [-0.25, -0.2) is 0 Å². The number of furan rings is 1. The smallest absolute Gasteiger partial charge is 0.191 e. The van der Waals surface area contributed by atoms with E-state index in [1.165, 1.54) is 38.6 Å². The lowest BCUT2D eigenvalue weighted by Crippen LogP contribution is -2.49. The first kappa shape index (κ1) is 20.7. The quantitative estimate of drug-likeness (QED) is 0.560. The summed E-state index contributed by atoms with van der Waals surface area (Å²) in [6, 6.07) is 5.62. The maximum atomic E-state index is 5.98. The highest BCUT2D eigenvalue weighted by Crippen LogP contribution is 2.26. The van der Waals surface area contributed by atoms with Gasteiger partial charge in [0.1, 0.15) is 11.5 Å². The molecule has 1 aromatic rings. The predicted molar refractivity (Wildman–Crippen MR) is 115 cm³/mol. The van der Waals surface area contributed by atoms with Crippen molar-refractivity contribution in [3.05, 3.63) is 23.7 Å². The summed E-state index contributed by atoms with van der Waals surface area (Å²) < 4.78 is 11.5. The second-order valence-electron chi connectivity index (χ2n) is 8.63. The third-order valence-corrected chi connectivity index (χ3v) is 6.66. The van der Waals surface area contributed by atoms with E-state index in [9.17, 15) is 0 Å². The molecular formula is C22H37N5O2. The highest BCUT2D eigenvalue weighted by molar-refractivity contribution is 5.80. The number of aryl methyl sites for hydroxylation is 1. The molecule has 2 N–H and O–H groups in total. The molecule has 1 aromatic heterocycles. The van der Waals surface area contributed by atoms with Gasteiger partial charge >= 0.3 is 0 Å². The zero-order chi connectivity index (χ0) is 20.1. The Morgan fingerprint density at radius 1 is 1.17 bits per heavy atom. The first-order chi connectivity index (χ1) is 14.2. The van der Waals surface area contributed by atoms with Crippen molar-refractivity contribution >= 4 is 5.96 Å². The minimum atomic E-state index is 0.185. The minimum Gasteiger partial charge on any atom is -0.465 e. The van der Waals surface area contributed by atoms with Crippen LogP contribution in [0.2, 0.25) is 0 Å². The molecule has 3 fully saturated rings. The van der Waals surface area contributed by atoms with Gasteiger partial charge in [0.05, 0.1) is 19.3 Å². The summed E-state index contributed by atoms with van der Waals surface area (Å²) in [5.41, 5.74) is 0. The van der Waals surface area contributed by atoms with E-state index in [0.717, 1.165) is 62.9 Å². The van der Waals surface area contributed by atoms with E-state index in [-0.39, 0.29) is 6.04 Å². The number of nitrogens with one attached hydrogen (secondary N) is 2. The van der Waals surface area contributed by atoms with Crippen LogP contribution in [0.4, 0.5) is 0 Å². The van der Waals surface area contributed by atoms with E-state index in [2.05, 4.69) is 31.5 Å². The average molecular weight is 404 g/mol. The molecule has 3 heterocycles. The number of ether oxygens (including phenoxy) is 1. The van der Waals surface area contributed by atoms with Crippen molar-refractivity contribution in [2.45, 2.75) is 57.2 Å². The monoisotopic (exact) mass is 403 g/mol. The van der Waals surface area contributed by atoms with Gasteiger partial charge in [0.2, 0.25) is 0 Å². The average Bonchev–Trinajstić information content (AvgIpc) is 3.50. The van der Waals surface area contributed by atoms with Crippen LogP contribution in [0.3, 0.4) is 0 Å². The van der Waals surface area contributed by atoms with E-state index in [0.29, 0.717) is 6.04 Å². The fourth-order valence-electron chi connectivity index (χ4n) is 5.02. The van der Waals surface area contributed by atoms with Gasteiger partial charge in [-0.2, -0.15) is 0 Å². The summed E-state index contributed by atoms with van der Waals surface area (Å²) in [4.78, 5) is 9.62. The van der Waals surface area contributed by atoms with Crippen LogP contribution >= 0.6 is 0 Å². The van der Waals surface area contributed by atoms with E-state index in [4.69, 9.17) is 9.15 Å². The van der Waals surface area contributed by atoms with Crippen LogP contribution in [0.1, 0.15) is 49.7 Å². The molecule has 0 bridgehead atoms. The maximum Gasteiger partial charge on any atom is 0.191 e. The van der Waals surface area contributed by atoms with Gasteiger partial charge in [-0.05, 0) is 38.3 Å². The second-order valence-corrected chi connectivity index (χ2v) is 8.63. The Bertz CT molecular complexity index is 664. The molecule has 2 saturated heterocycles. The Balaban J connectivity index is 1.32. The van der Waals surface area contributed by atoms with Crippen LogP contribution in [-0.4, -0.2) is 80.8 Å². The summed E-state index contributed by atoms with van der Waals surface area (Å²) in [5, 5.41) is 7.22. The van der Waals surface area contributed by atoms with Crippen molar-refractivity contribution in [2.24, 2.45) is 4.99 Å². The van der Waals surface area contributed by atoms with Gasteiger partial charge in [-0.3, -0.25) is 14.8 Å². The molecule has 2 unspecified atom stereocenters. The Labute approximate surface area is 174 Å². The lowest BCUT2D eigenvalue weighted by Gasteiger charge is -2.34. The number of hydrogen-bond donors (Lipinski definition) is 2. The number of morpholine rings is 1. The maximum absolute atomic E-state index is 5.98. The molecular weight excluding hydrogens is 366 g/mol. The zero-order valence-corrected chi connectivity index (χ0v) is 18.0. The third kappa shape index (κ3) is 5.32. The van der Waals surface area contributed by atoms with E-state index in [1.54, 1.807) is 0 Å². The largest absolute Gasteiger partial charge is 0.465 e. The number of rotatable bonds is 6. The summed E-state index contributed by atoms with van der Waals surface area (Å²) in [7, 11) is 1.86. The molecule has 7 heteroatoms. The van der Waals surface area contributed by atoms with Crippen molar-refractivity contribution in [2.75, 3.05) is 53.0 Å². The lowest BCUT2D eigenvalue weighted by molar-refractivity contribution is 0.0124. The highest BCUT2D eigenvalue weighted by Gasteiger charge is 2.31. The minimum absolute atomic E-state index is 0.185. The van der Waals surface area contributed by atoms with Crippen LogP contribution < -0.4 is 10.6 Å². The van der Waals surface area contributed by atoms with Gasteiger partial charge in [0.25, 0.3) is 0 Å². The summed E-state index contributed by atoms with van der Waals surface area (Å²) >= 11 is 0. The van der Waals surface area contributed by atoms with E-state index >= 15 is 0 Å². The van der Waals surface area contributed by atoms with Gasteiger partial charge in [0.15, 0.2) is 5.96 Å². The topological polar surface area (TPSA) is 65.3 Å². The number of hydrogen-bond acceptors (Lipinski definition) is 5. The number of guanidine groups is 1. The lowest BCUT2D eigenvalue weighted by atomic mass is 10.1. The van der Waals surface area contributed by atoms with Crippen molar-refractivity contribution in [1.82, 2.24) is 20.4 Å². The van der Waals surface area contributed by atoms with Crippen molar-refractivity contribution in [3.8, 4) is 0 Å². The van der Waals surface area contributed by atoms with Crippen molar-refractivity contribution in [3.63, 3.8) is 0 Å². The van der Waals surface area contributed by atoms with Gasteiger partial charge in [-0.15, -0.1) is 0 Å². The molecule has 4 rings (SSSR count).